The van der Waals surface area contributed by atoms with Gasteiger partial charge in [-0.15, -0.1) is 0 Å². The van der Waals surface area contributed by atoms with Gasteiger partial charge in [0.2, 0.25) is 0 Å². The van der Waals surface area contributed by atoms with E-state index in [4.69, 9.17) is 20.9 Å². The second kappa shape index (κ2) is 12.6. The summed E-state index contributed by atoms with van der Waals surface area (Å²) < 4.78 is 83.5. The van der Waals surface area contributed by atoms with Crippen LogP contribution in [0.1, 0.15) is 0 Å². The first-order valence-corrected chi connectivity index (χ1v) is 17.1. The Morgan fingerprint density at radius 1 is 0.609 bits per heavy atom. The molecule has 4 unspecified atom stereocenters. The lowest BCUT2D eigenvalue weighted by molar-refractivity contribution is -0.111. The number of hydrogen-bond acceptors (Lipinski definition) is 15. The summed E-state index contributed by atoms with van der Waals surface area (Å²) in [7, 11) is -14.1. The van der Waals surface area contributed by atoms with E-state index in [1.807, 2.05) is 0 Å². The van der Waals surface area contributed by atoms with Crippen molar-refractivity contribution in [3.63, 3.8) is 0 Å². The normalized spacial score (nSPS) is 14.9. The first-order chi connectivity index (χ1) is 21.6. The number of benzene rings is 4. The van der Waals surface area contributed by atoms with Gasteiger partial charge in [0.15, 0.2) is 18.6 Å². The van der Waals surface area contributed by atoms with Crippen molar-refractivity contribution in [1.29, 1.82) is 15.8 Å². The maximum Gasteiger partial charge on any atom is 0.270 e. The molecule has 0 aliphatic carbocycles. The van der Waals surface area contributed by atoms with Gasteiger partial charge < -0.3 is 30.8 Å². The average Bonchev–Trinajstić information content (AvgIpc) is 3.00. The number of anilines is 1. The van der Waals surface area contributed by atoms with Crippen molar-refractivity contribution in [2.75, 3.05) is 18.5 Å². The monoisotopic (exact) mass is 693 g/mol. The van der Waals surface area contributed by atoms with Crippen LogP contribution in [-0.2, 0) is 30.1 Å². The van der Waals surface area contributed by atoms with Gasteiger partial charge in [0.1, 0.15) is 18.3 Å². The number of rotatable bonds is 13. The highest BCUT2D eigenvalue weighted by molar-refractivity contribution is 7.91. The molecule has 21 heteroatoms. The average molecular weight is 694 g/mol. The molecule has 0 amide bonds. The van der Waals surface area contributed by atoms with Crippen LogP contribution in [0.5, 0.6) is 0 Å². The zero-order valence-electron chi connectivity index (χ0n) is 22.9. The third kappa shape index (κ3) is 5.95. The highest BCUT2D eigenvalue weighted by Crippen LogP contribution is 2.44. The molecule has 0 bridgehead atoms. The number of aliphatic hydroxyl groups excluding tert-OH is 5. The minimum atomic E-state index is -4.74. The van der Waals surface area contributed by atoms with E-state index in [-0.39, 0.29) is 38.0 Å². The molecule has 4 aromatic rings. The van der Waals surface area contributed by atoms with Gasteiger partial charge >= 0.3 is 0 Å². The second-order valence-electron chi connectivity index (χ2n) is 9.70. The lowest BCUT2D eigenvalue weighted by atomic mass is 9.93. The minimum absolute atomic E-state index is 0.0634. The molecule has 0 saturated heterocycles. The zero-order chi connectivity index (χ0) is 34.2. The molecule has 0 aromatic heterocycles. The summed E-state index contributed by atoms with van der Waals surface area (Å²) in [5.74, 6) is 0. The van der Waals surface area contributed by atoms with Crippen LogP contribution in [0, 0.1) is 34.4 Å². The Bertz CT molecular complexity index is 2230. The highest BCUT2D eigenvalue weighted by atomic mass is 32.2. The third-order valence-corrected chi connectivity index (χ3v) is 10.9. The van der Waals surface area contributed by atoms with Crippen LogP contribution in [0.25, 0.3) is 32.3 Å². The van der Waals surface area contributed by atoms with Crippen molar-refractivity contribution in [1.82, 2.24) is 14.2 Å². The van der Waals surface area contributed by atoms with E-state index in [9.17, 15) is 45.7 Å². The van der Waals surface area contributed by atoms with Gasteiger partial charge in [0.25, 0.3) is 30.1 Å². The quantitative estimate of drug-likeness (QED) is 0.0404. The second-order valence-corrected chi connectivity index (χ2v) is 14.7. The minimum Gasteiger partial charge on any atom is -0.394 e. The van der Waals surface area contributed by atoms with Crippen LogP contribution in [-0.4, -0.2) is 88.4 Å². The molecule has 0 aliphatic heterocycles. The Morgan fingerprint density at radius 3 is 1.39 bits per heavy atom. The molecular formula is C25H23N7O11S3. The van der Waals surface area contributed by atoms with E-state index in [1.165, 1.54) is 36.8 Å². The first kappa shape index (κ1) is 34.1. The van der Waals surface area contributed by atoms with Crippen LogP contribution in [0.15, 0.2) is 51.1 Å². The fourth-order valence-corrected chi connectivity index (χ4v) is 7.92. The highest BCUT2D eigenvalue weighted by Gasteiger charge is 2.32. The fraction of sp³-hybridized carbons (Fsp3) is 0.240. The standard InChI is InChI=1S/C25H23N7O11S3/c26-9-30-44(38,39)19-5-16(29-7-17(34)24(36)25(37)18(35)8-33)12-1-2-14-20(45(40,41)31-10-27)6-21(46(42,43)32-11-28)15-4-3-13(19)22(12)23(14)15/h1-6,17-18,24-25,29-37H,7-8H2. The molecule has 242 valence electrons. The zero-order valence-corrected chi connectivity index (χ0v) is 25.4. The molecule has 0 fully saturated rings. The molecule has 9 N–H and O–H groups in total. The molecule has 18 nitrogen and oxygen atoms in total. The van der Waals surface area contributed by atoms with Gasteiger partial charge in [-0.2, -0.15) is 15.8 Å². The van der Waals surface area contributed by atoms with Crippen molar-refractivity contribution in [3.05, 3.63) is 36.4 Å². The largest absolute Gasteiger partial charge is 0.394 e. The van der Waals surface area contributed by atoms with Crippen molar-refractivity contribution in [2.45, 2.75) is 39.1 Å². The van der Waals surface area contributed by atoms with Crippen LogP contribution >= 0.6 is 0 Å². The Morgan fingerprint density at radius 2 is 0.978 bits per heavy atom. The van der Waals surface area contributed by atoms with Gasteiger partial charge in [-0.05, 0) is 12.1 Å². The van der Waals surface area contributed by atoms with Gasteiger partial charge in [0, 0.05) is 44.5 Å². The smallest absolute Gasteiger partial charge is 0.270 e. The van der Waals surface area contributed by atoms with Crippen molar-refractivity contribution < 1.29 is 50.8 Å². The van der Waals surface area contributed by atoms with E-state index < -0.39 is 82.3 Å². The van der Waals surface area contributed by atoms with E-state index >= 15 is 0 Å². The Balaban J connectivity index is 2.13. The van der Waals surface area contributed by atoms with Crippen LogP contribution in [0.3, 0.4) is 0 Å². The number of nitrogens with zero attached hydrogens (tertiary/aromatic N) is 3. The topological polar surface area (TPSA) is 323 Å². The summed E-state index contributed by atoms with van der Waals surface area (Å²) in [6, 6.07) is 6.68. The number of nitriles is 3. The molecule has 0 spiro atoms. The van der Waals surface area contributed by atoms with Crippen LogP contribution in [0.4, 0.5) is 5.69 Å². The third-order valence-electron chi connectivity index (χ3n) is 7.02. The van der Waals surface area contributed by atoms with E-state index in [0.717, 1.165) is 18.2 Å². The summed E-state index contributed by atoms with van der Waals surface area (Å²) in [4.78, 5) is -2.00. The molecule has 0 radical (unpaired) electrons. The lowest BCUT2D eigenvalue weighted by Crippen LogP contribution is -2.48. The molecule has 0 saturated carbocycles. The molecular weight excluding hydrogens is 671 g/mol. The molecule has 4 atom stereocenters. The molecule has 4 aromatic carbocycles. The maximum atomic E-state index is 13.2. The number of nitrogens with one attached hydrogen (secondary N) is 4. The Hall–Kier alpha value is -4.76. The van der Waals surface area contributed by atoms with E-state index in [0.29, 0.717) is 0 Å². The van der Waals surface area contributed by atoms with Gasteiger partial charge in [-0.25, -0.2) is 39.4 Å². The number of sulfonamides is 3. The van der Waals surface area contributed by atoms with Crippen molar-refractivity contribution >= 4 is 68.1 Å². The van der Waals surface area contributed by atoms with Crippen LogP contribution in [0.2, 0.25) is 0 Å². The Labute approximate surface area is 260 Å². The van der Waals surface area contributed by atoms with Gasteiger partial charge in [-0.3, -0.25) is 0 Å². The molecule has 4 rings (SSSR count). The van der Waals surface area contributed by atoms with E-state index in [2.05, 4.69) is 5.32 Å². The molecule has 0 heterocycles. The first-order valence-electron chi connectivity index (χ1n) is 12.6. The summed E-state index contributed by atoms with van der Waals surface area (Å²) >= 11 is 0. The molecule has 0 aliphatic rings. The summed E-state index contributed by atoms with van der Waals surface area (Å²) in [6.07, 6.45) is -3.83. The van der Waals surface area contributed by atoms with Crippen LogP contribution < -0.4 is 19.5 Å². The summed E-state index contributed by atoms with van der Waals surface area (Å²) in [5.41, 5.74) is -0.105. The van der Waals surface area contributed by atoms with E-state index in [1.54, 1.807) is 14.2 Å². The SMILES string of the molecule is N#CNS(=O)(=O)c1cc(NCC(O)C(O)C(O)C(O)CO)c2ccc3c(S(=O)(=O)NC#N)cc(S(=O)(=O)NC#N)c4ccc1c2c34. The maximum absolute atomic E-state index is 13.2. The fourth-order valence-electron chi connectivity index (χ4n) is 4.95. The lowest BCUT2D eigenvalue weighted by Gasteiger charge is -2.26. The summed E-state index contributed by atoms with van der Waals surface area (Å²) in [5, 5.41) is 78.6. The number of aliphatic hydroxyl groups is 5. The van der Waals surface area contributed by atoms with Gasteiger partial charge in [-0.1, -0.05) is 24.3 Å². The predicted molar refractivity (Wildman–Crippen MR) is 158 cm³/mol. The van der Waals surface area contributed by atoms with Crippen molar-refractivity contribution in [3.8, 4) is 18.6 Å². The van der Waals surface area contributed by atoms with Gasteiger partial charge in [0.05, 0.1) is 27.4 Å². The van der Waals surface area contributed by atoms with Crippen molar-refractivity contribution in [2.24, 2.45) is 0 Å². The molecule has 46 heavy (non-hydrogen) atoms. The summed E-state index contributed by atoms with van der Waals surface area (Å²) in [6.45, 7) is -1.55. The number of hydrogen-bond donors (Lipinski definition) is 9. The predicted octanol–water partition coefficient (Wildman–Crippen LogP) is -2.29. The Kier molecular flexibility index (Phi) is 9.32.